The fraction of sp³-hybridized carbons (Fsp3) is 0.300. The van der Waals surface area contributed by atoms with Crippen LogP contribution in [-0.2, 0) is 9.59 Å². The molecule has 25 heavy (non-hydrogen) atoms. The summed E-state index contributed by atoms with van der Waals surface area (Å²) in [6, 6.07) is 12.9. The molecular weight excluding hydrogens is 316 g/mol. The van der Waals surface area contributed by atoms with Crippen molar-refractivity contribution in [3.8, 4) is 5.75 Å². The van der Waals surface area contributed by atoms with Crippen molar-refractivity contribution >= 4 is 23.2 Å². The molecule has 0 heterocycles. The van der Waals surface area contributed by atoms with Gasteiger partial charge in [-0.25, -0.2) is 0 Å². The highest BCUT2D eigenvalue weighted by molar-refractivity contribution is 6.02. The van der Waals surface area contributed by atoms with E-state index in [4.69, 9.17) is 4.74 Å². The molecule has 132 valence electrons. The predicted molar refractivity (Wildman–Crippen MR) is 100 cm³/mol. The Morgan fingerprint density at radius 3 is 2.32 bits per heavy atom. The van der Waals surface area contributed by atoms with Crippen LogP contribution in [0.4, 0.5) is 11.4 Å². The van der Waals surface area contributed by atoms with Gasteiger partial charge < -0.3 is 15.0 Å². The molecule has 1 N–H and O–H groups in total. The Hall–Kier alpha value is -2.82. The minimum atomic E-state index is -0.240. The molecule has 2 aromatic rings. The topological polar surface area (TPSA) is 58.6 Å². The molecule has 0 bridgehead atoms. The standard InChI is InChI=1S/C20H24N2O3/c1-5-25-18-9-7-17(8-10-18)22(16(4)23)13-20(24)21-19-11-6-14(2)12-15(19)3/h6-12H,5,13H2,1-4H3,(H,21,24). The summed E-state index contributed by atoms with van der Waals surface area (Å²) in [5.41, 5.74) is 3.54. The maximum atomic E-state index is 12.4. The number of carbonyl (C=O) groups is 2. The largest absolute Gasteiger partial charge is 0.494 e. The lowest BCUT2D eigenvalue weighted by Gasteiger charge is -2.21. The van der Waals surface area contributed by atoms with Gasteiger partial charge >= 0.3 is 0 Å². The highest BCUT2D eigenvalue weighted by atomic mass is 16.5. The summed E-state index contributed by atoms with van der Waals surface area (Å²) in [7, 11) is 0. The first-order chi connectivity index (χ1) is 11.9. The zero-order valence-corrected chi connectivity index (χ0v) is 15.1. The van der Waals surface area contributed by atoms with Gasteiger partial charge in [0.1, 0.15) is 12.3 Å². The Kier molecular flexibility index (Phi) is 6.17. The quantitative estimate of drug-likeness (QED) is 0.872. The minimum Gasteiger partial charge on any atom is -0.494 e. The van der Waals surface area contributed by atoms with Gasteiger partial charge in [-0.2, -0.15) is 0 Å². The lowest BCUT2D eigenvalue weighted by atomic mass is 10.1. The monoisotopic (exact) mass is 340 g/mol. The van der Waals surface area contributed by atoms with Crippen molar-refractivity contribution < 1.29 is 14.3 Å². The molecule has 0 saturated carbocycles. The number of ether oxygens (including phenoxy) is 1. The highest BCUT2D eigenvalue weighted by Crippen LogP contribution is 2.20. The van der Waals surface area contributed by atoms with Crippen LogP contribution < -0.4 is 15.0 Å². The molecule has 0 atom stereocenters. The summed E-state index contributed by atoms with van der Waals surface area (Å²) < 4.78 is 5.40. The fourth-order valence-corrected chi connectivity index (χ4v) is 2.56. The molecule has 2 rings (SSSR count). The molecular formula is C20H24N2O3. The van der Waals surface area contributed by atoms with E-state index in [1.807, 2.05) is 39.0 Å². The first-order valence-corrected chi connectivity index (χ1v) is 8.28. The Balaban J connectivity index is 2.10. The number of hydrogen-bond donors (Lipinski definition) is 1. The third kappa shape index (κ3) is 5.08. The molecule has 5 nitrogen and oxygen atoms in total. The van der Waals surface area contributed by atoms with Crippen LogP contribution in [0.2, 0.25) is 0 Å². The van der Waals surface area contributed by atoms with Crippen molar-refractivity contribution in [2.24, 2.45) is 0 Å². The second kappa shape index (κ2) is 8.33. The number of hydrogen-bond acceptors (Lipinski definition) is 3. The van der Waals surface area contributed by atoms with E-state index in [-0.39, 0.29) is 18.4 Å². The lowest BCUT2D eigenvalue weighted by Crippen LogP contribution is -2.36. The van der Waals surface area contributed by atoms with E-state index in [1.54, 1.807) is 24.3 Å². The number of nitrogens with zero attached hydrogens (tertiary/aromatic N) is 1. The average molecular weight is 340 g/mol. The molecule has 0 aliphatic heterocycles. The van der Waals surface area contributed by atoms with Crippen molar-refractivity contribution in [3.05, 3.63) is 53.6 Å². The number of rotatable bonds is 6. The molecule has 2 aromatic carbocycles. The van der Waals surface area contributed by atoms with Crippen LogP contribution in [0.1, 0.15) is 25.0 Å². The van der Waals surface area contributed by atoms with Crippen LogP contribution in [0.25, 0.3) is 0 Å². The van der Waals surface area contributed by atoms with E-state index < -0.39 is 0 Å². The molecule has 0 spiro atoms. The molecule has 0 saturated heterocycles. The van der Waals surface area contributed by atoms with Crippen LogP contribution in [0, 0.1) is 13.8 Å². The van der Waals surface area contributed by atoms with E-state index >= 15 is 0 Å². The number of nitrogens with one attached hydrogen (secondary N) is 1. The third-order valence-electron chi connectivity index (χ3n) is 3.80. The van der Waals surface area contributed by atoms with Crippen molar-refractivity contribution in [2.75, 3.05) is 23.4 Å². The molecule has 0 aliphatic rings. The van der Waals surface area contributed by atoms with Gasteiger partial charge in [-0.1, -0.05) is 17.7 Å². The Morgan fingerprint density at radius 1 is 1.08 bits per heavy atom. The summed E-state index contributed by atoms with van der Waals surface area (Å²) >= 11 is 0. The molecule has 0 fully saturated rings. The lowest BCUT2D eigenvalue weighted by molar-refractivity contribution is -0.120. The number of carbonyl (C=O) groups excluding carboxylic acids is 2. The predicted octanol–water partition coefficient (Wildman–Crippen LogP) is 3.69. The third-order valence-corrected chi connectivity index (χ3v) is 3.80. The maximum absolute atomic E-state index is 12.4. The van der Waals surface area contributed by atoms with Crippen LogP contribution in [0.3, 0.4) is 0 Å². The van der Waals surface area contributed by atoms with Gasteiger partial charge in [-0.3, -0.25) is 9.59 Å². The normalized spacial score (nSPS) is 10.2. The second-order valence-electron chi connectivity index (χ2n) is 5.90. The van der Waals surface area contributed by atoms with E-state index in [2.05, 4.69) is 5.32 Å². The van der Waals surface area contributed by atoms with Gasteiger partial charge in [-0.05, 0) is 56.7 Å². The number of aryl methyl sites for hydroxylation is 2. The zero-order valence-electron chi connectivity index (χ0n) is 15.1. The summed E-state index contributed by atoms with van der Waals surface area (Å²) in [6.45, 7) is 7.83. The second-order valence-corrected chi connectivity index (χ2v) is 5.90. The van der Waals surface area contributed by atoms with Gasteiger partial charge in [0.05, 0.1) is 6.61 Å². The first kappa shape index (κ1) is 18.5. The molecule has 0 radical (unpaired) electrons. The summed E-state index contributed by atoms with van der Waals surface area (Å²) in [5.74, 6) is 0.297. The average Bonchev–Trinajstić information content (AvgIpc) is 2.56. The smallest absolute Gasteiger partial charge is 0.244 e. The van der Waals surface area contributed by atoms with Gasteiger partial charge in [0.25, 0.3) is 0 Å². The van der Waals surface area contributed by atoms with Gasteiger partial charge in [-0.15, -0.1) is 0 Å². The summed E-state index contributed by atoms with van der Waals surface area (Å²) in [6.07, 6.45) is 0. The summed E-state index contributed by atoms with van der Waals surface area (Å²) in [4.78, 5) is 25.8. The maximum Gasteiger partial charge on any atom is 0.244 e. The first-order valence-electron chi connectivity index (χ1n) is 8.28. The zero-order chi connectivity index (χ0) is 18.4. The summed E-state index contributed by atoms with van der Waals surface area (Å²) in [5, 5.41) is 2.87. The Labute approximate surface area is 148 Å². The van der Waals surface area contributed by atoms with Crippen LogP contribution in [0.5, 0.6) is 5.75 Å². The van der Waals surface area contributed by atoms with Crippen molar-refractivity contribution in [1.82, 2.24) is 0 Å². The Morgan fingerprint density at radius 2 is 1.76 bits per heavy atom. The molecule has 0 aliphatic carbocycles. The van der Waals surface area contributed by atoms with Crippen LogP contribution in [0.15, 0.2) is 42.5 Å². The molecule has 5 heteroatoms. The van der Waals surface area contributed by atoms with E-state index in [0.717, 1.165) is 22.6 Å². The molecule has 0 aromatic heterocycles. The van der Waals surface area contributed by atoms with Crippen molar-refractivity contribution in [3.63, 3.8) is 0 Å². The fourth-order valence-electron chi connectivity index (χ4n) is 2.56. The van der Waals surface area contributed by atoms with Crippen LogP contribution in [-0.4, -0.2) is 25.0 Å². The molecule has 0 unspecified atom stereocenters. The number of anilines is 2. The van der Waals surface area contributed by atoms with Crippen LogP contribution >= 0.6 is 0 Å². The van der Waals surface area contributed by atoms with Gasteiger partial charge in [0.15, 0.2) is 0 Å². The number of amides is 2. The highest BCUT2D eigenvalue weighted by Gasteiger charge is 2.16. The van der Waals surface area contributed by atoms with E-state index in [1.165, 1.54) is 11.8 Å². The van der Waals surface area contributed by atoms with Crippen molar-refractivity contribution in [1.29, 1.82) is 0 Å². The Bertz CT molecular complexity index is 754. The SMILES string of the molecule is CCOc1ccc(N(CC(=O)Nc2ccc(C)cc2C)C(C)=O)cc1. The van der Waals surface area contributed by atoms with E-state index in [0.29, 0.717) is 12.3 Å². The van der Waals surface area contributed by atoms with Crippen molar-refractivity contribution in [2.45, 2.75) is 27.7 Å². The molecule has 2 amide bonds. The minimum absolute atomic E-state index is 0.0450. The van der Waals surface area contributed by atoms with E-state index in [9.17, 15) is 9.59 Å². The van der Waals surface area contributed by atoms with Gasteiger partial charge in [0.2, 0.25) is 11.8 Å². The van der Waals surface area contributed by atoms with Gasteiger partial charge in [0, 0.05) is 18.3 Å². The number of benzene rings is 2.